The Balaban J connectivity index is -0.000000320. The Morgan fingerprint density at radius 2 is 2.00 bits per heavy atom. The molecule has 1 atom stereocenters. The summed E-state index contributed by atoms with van der Waals surface area (Å²) in [6, 6.07) is 0. The minimum atomic E-state index is -0.0563. The smallest absolute Gasteiger partial charge is 0.149 e. The number of hydrogen-bond donors (Lipinski definition) is 0. The molecule has 0 radical (unpaired) electrons. The summed E-state index contributed by atoms with van der Waals surface area (Å²) in [5.41, 5.74) is 0. The van der Waals surface area contributed by atoms with Gasteiger partial charge in [0, 0.05) is 18.9 Å². The summed E-state index contributed by atoms with van der Waals surface area (Å²) in [5, 5.41) is 0. The number of halogens is 3. The molecule has 0 N–H and O–H groups in total. The zero-order valence-electron chi connectivity index (χ0n) is 6.71. The molecule has 0 saturated heterocycles. The maximum absolute atomic E-state index is 5.47. The van der Waals surface area contributed by atoms with Gasteiger partial charge in [-0.15, -0.1) is 36.4 Å². The van der Waals surface area contributed by atoms with Crippen LogP contribution in [0.15, 0.2) is 0 Å². The standard InChI is InChI=1S/C5H13ClO2Si.2ClH/c1-2-7-5(8-9)3-4-6;;/h5H,2-4H2,1,9H3;2*1H. The van der Waals surface area contributed by atoms with Crippen LogP contribution in [0.5, 0.6) is 0 Å². The topological polar surface area (TPSA) is 18.5 Å². The first-order chi connectivity index (χ1) is 4.35. The summed E-state index contributed by atoms with van der Waals surface area (Å²) < 4.78 is 10.2. The fourth-order valence-corrected chi connectivity index (χ4v) is 1.09. The van der Waals surface area contributed by atoms with E-state index in [0.717, 1.165) is 16.9 Å². The van der Waals surface area contributed by atoms with Gasteiger partial charge in [0.25, 0.3) is 0 Å². The average molecular weight is 242 g/mol. The number of alkyl halides is 1. The van der Waals surface area contributed by atoms with Gasteiger partial charge in [-0.1, -0.05) is 0 Å². The Morgan fingerprint density at radius 1 is 1.45 bits per heavy atom. The summed E-state index contributed by atoms with van der Waals surface area (Å²) in [5.74, 6) is 0.604. The molecule has 6 heteroatoms. The van der Waals surface area contributed by atoms with E-state index in [1.807, 2.05) is 6.92 Å². The van der Waals surface area contributed by atoms with E-state index in [0.29, 0.717) is 12.5 Å². The maximum atomic E-state index is 5.47. The average Bonchev–Trinajstić information content (AvgIpc) is 1.88. The predicted molar refractivity (Wildman–Crippen MR) is 56.3 cm³/mol. The SMILES string of the molecule is CCOC(CCCl)O[SiH3].Cl.Cl. The molecule has 11 heavy (non-hydrogen) atoms. The molecule has 1 unspecified atom stereocenters. The fourth-order valence-electron chi connectivity index (χ4n) is 0.544. The van der Waals surface area contributed by atoms with Gasteiger partial charge in [-0.3, -0.25) is 0 Å². The first-order valence-electron chi connectivity index (χ1n) is 3.05. The highest BCUT2D eigenvalue weighted by molar-refractivity contribution is 6.17. The van der Waals surface area contributed by atoms with Crippen molar-refractivity contribution in [2.45, 2.75) is 19.6 Å². The van der Waals surface area contributed by atoms with Crippen molar-refractivity contribution < 1.29 is 9.16 Å². The molecule has 2 nitrogen and oxygen atoms in total. The lowest BCUT2D eigenvalue weighted by Gasteiger charge is -2.13. The lowest BCUT2D eigenvalue weighted by atomic mass is 10.5. The van der Waals surface area contributed by atoms with E-state index < -0.39 is 0 Å². The molecule has 0 heterocycles. The van der Waals surface area contributed by atoms with Crippen LogP contribution in [0.25, 0.3) is 0 Å². The molecule has 0 spiro atoms. The molecular formula is C5H15Cl3O2Si. The third-order valence-electron chi connectivity index (χ3n) is 0.960. The van der Waals surface area contributed by atoms with Crippen LogP contribution in [-0.2, 0) is 9.16 Å². The molecule has 0 saturated carbocycles. The number of ether oxygens (including phenoxy) is 1. The second-order valence-corrected chi connectivity index (χ2v) is 2.45. The summed E-state index contributed by atoms with van der Waals surface area (Å²) in [4.78, 5) is 0. The molecule has 0 bridgehead atoms. The molecule has 0 aliphatic carbocycles. The molecule has 0 aliphatic rings. The Labute approximate surface area is 88.3 Å². The van der Waals surface area contributed by atoms with Crippen LogP contribution >= 0.6 is 36.4 Å². The van der Waals surface area contributed by atoms with Crippen LogP contribution in [0.3, 0.4) is 0 Å². The van der Waals surface area contributed by atoms with Crippen LogP contribution in [0.2, 0.25) is 0 Å². The third-order valence-corrected chi connectivity index (χ3v) is 1.70. The first kappa shape index (κ1) is 17.9. The molecular weight excluding hydrogens is 226 g/mol. The summed E-state index contributed by atoms with van der Waals surface area (Å²) in [7, 11) is 0.717. The van der Waals surface area contributed by atoms with E-state index >= 15 is 0 Å². The van der Waals surface area contributed by atoms with Crippen LogP contribution in [-0.4, -0.2) is 29.3 Å². The van der Waals surface area contributed by atoms with Crippen LogP contribution < -0.4 is 0 Å². The van der Waals surface area contributed by atoms with E-state index in [2.05, 4.69) is 0 Å². The lowest BCUT2D eigenvalue weighted by molar-refractivity contribution is -0.0723. The summed E-state index contributed by atoms with van der Waals surface area (Å²) >= 11 is 5.47. The van der Waals surface area contributed by atoms with Crippen molar-refractivity contribution in [3.63, 3.8) is 0 Å². The summed E-state index contributed by atoms with van der Waals surface area (Å²) in [6.07, 6.45) is 0.734. The van der Waals surface area contributed by atoms with Crippen LogP contribution in [0, 0.1) is 0 Å². The molecule has 0 amide bonds. The van der Waals surface area contributed by atoms with Crippen molar-refractivity contribution in [3.8, 4) is 0 Å². The zero-order chi connectivity index (χ0) is 7.11. The van der Waals surface area contributed by atoms with Gasteiger partial charge >= 0.3 is 0 Å². The van der Waals surface area contributed by atoms with E-state index in [9.17, 15) is 0 Å². The Bertz CT molecular complexity index is 61.7. The van der Waals surface area contributed by atoms with Gasteiger partial charge in [0.15, 0.2) is 0 Å². The molecule has 72 valence electrons. The second kappa shape index (κ2) is 13.6. The van der Waals surface area contributed by atoms with Crippen molar-refractivity contribution in [1.82, 2.24) is 0 Å². The monoisotopic (exact) mass is 240 g/mol. The van der Waals surface area contributed by atoms with Crippen molar-refractivity contribution in [3.05, 3.63) is 0 Å². The Hall–Kier alpha value is 1.01. The van der Waals surface area contributed by atoms with Gasteiger partial charge < -0.3 is 9.16 Å². The van der Waals surface area contributed by atoms with Crippen LogP contribution in [0.1, 0.15) is 13.3 Å². The molecule has 0 aromatic heterocycles. The van der Waals surface area contributed by atoms with Gasteiger partial charge in [-0.2, -0.15) is 0 Å². The van der Waals surface area contributed by atoms with E-state index in [-0.39, 0.29) is 31.1 Å². The van der Waals surface area contributed by atoms with Gasteiger partial charge in [-0.05, 0) is 6.92 Å². The van der Waals surface area contributed by atoms with Crippen LogP contribution in [0.4, 0.5) is 0 Å². The first-order valence-corrected chi connectivity index (χ1v) is 4.40. The highest BCUT2D eigenvalue weighted by Crippen LogP contribution is 1.99. The highest BCUT2D eigenvalue weighted by Gasteiger charge is 2.02. The highest BCUT2D eigenvalue weighted by atomic mass is 35.5. The largest absolute Gasteiger partial charge is 0.404 e. The molecule has 0 fully saturated rings. The van der Waals surface area contributed by atoms with Gasteiger partial charge in [0.1, 0.15) is 16.8 Å². The molecule has 0 rings (SSSR count). The van der Waals surface area contributed by atoms with E-state index in [1.54, 1.807) is 0 Å². The van der Waals surface area contributed by atoms with Crippen molar-refractivity contribution in [1.29, 1.82) is 0 Å². The van der Waals surface area contributed by atoms with Gasteiger partial charge in [0.2, 0.25) is 0 Å². The Kier molecular flexibility index (Phi) is 22.1. The minimum absolute atomic E-state index is 0. The fraction of sp³-hybridized carbons (Fsp3) is 1.00. The second-order valence-electron chi connectivity index (χ2n) is 1.60. The van der Waals surface area contributed by atoms with Gasteiger partial charge in [-0.25, -0.2) is 0 Å². The molecule has 0 aromatic rings. The maximum Gasteiger partial charge on any atom is 0.149 e. The lowest BCUT2D eigenvalue weighted by Crippen LogP contribution is -2.16. The van der Waals surface area contributed by atoms with Crippen molar-refractivity contribution in [2.75, 3.05) is 12.5 Å². The quantitative estimate of drug-likeness (QED) is 0.408. The zero-order valence-corrected chi connectivity index (χ0v) is 11.1. The number of rotatable bonds is 5. The predicted octanol–water partition coefficient (Wildman–Crippen LogP) is 1.12. The normalized spacial score (nSPS) is 11.5. The van der Waals surface area contributed by atoms with E-state index in [4.69, 9.17) is 20.8 Å². The van der Waals surface area contributed by atoms with Crippen molar-refractivity contribution >= 4 is 46.9 Å². The van der Waals surface area contributed by atoms with E-state index in [1.165, 1.54) is 0 Å². The summed E-state index contributed by atoms with van der Waals surface area (Å²) in [6.45, 7) is 2.64. The third kappa shape index (κ3) is 11.0. The number of hydrogen-bond acceptors (Lipinski definition) is 2. The van der Waals surface area contributed by atoms with Crippen molar-refractivity contribution in [2.24, 2.45) is 0 Å². The van der Waals surface area contributed by atoms with Gasteiger partial charge in [0.05, 0.1) is 0 Å². The molecule has 0 aliphatic heterocycles. The molecule has 0 aromatic carbocycles. The minimum Gasteiger partial charge on any atom is -0.404 e. The Morgan fingerprint density at radius 3 is 2.27 bits per heavy atom.